The molecule has 1 aliphatic carbocycles. The number of imidazole rings is 1. The van der Waals surface area contributed by atoms with Crippen LogP contribution in [0, 0.1) is 5.92 Å². The Labute approximate surface area is 168 Å². The minimum absolute atomic E-state index is 0.000148. The van der Waals surface area contributed by atoms with E-state index in [-0.39, 0.29) is 17.6 Å². The number of nitrogens with zero attached hydrogens (tertiary/aromatic N) is 6. The lowest BCUT2D eigenvalue weighted by molar-refractivity contribution is 0.0672. The molecular weight excluding hydrogens is 368 g/mol. The maximum Gasteiger partial charge on any atom is 0.330 e. The summed E-state index contributed by atoms with van der Waals surface area (Å²) in [5, 5.41) is 4.35. The molecule has 1 atom stereocenters. The number of pyridine rings is 1. The second-order valence-electron chi connectivity index (χ2n) is 8.16. The van der Waals surface area contributed by atoms with Gasteiger partial charge in [0.25, 0.3) is 5.91 Å². The number of fused-ring (bicyclic) bond motifs is 1. The van der Waals surface area contributed by atoms with Crippen molar-refractivity contribution in [1.82, 2.24) is 28.8 Å². The SMILES string of the molecule is CCn1ccc(C(=O)N2CCC[C@H](n3c(=O)n(CC4CC4)c4cccnc43)C2)n1. The molecule has 4 heterocycles. The van der Waals surface area contributed by atoms with Crippen LogP contribution in [0.1, 0.15) is 49.1 Å². The quantitative estimate of drug-likeness (QED) is 0.665. The van der Waals surface area contributed by atoms with Crippen molar-refractivity contribution in [3.8, 4) is 0 Å². The fraction of sp³-hybridized carbons (Fsp3) is 0.524. The molecule has 0 aromatic carbocycles. The molecular formula is C21H26N6O2. The standard InChI is InChI=1S/C21H26N6O2/c1-2-25-12-9-17(23-25)20(28)24-11-4-5-16(14-24)27-19-18(6-3-10-22-19)26(21(27)29)13-15-7-8-15/h3,6,9-10,12,15-16H,2,4-5,7-8,11,13-14H2,1H3/t16-/m0/s1. The fourth-order valence-electron chi connectivity index (χ4n) is 4.34. The highest BCUT2D eigenvalue weighted by molar-refractivity contribution is 5.92. The Morgan fingerprint density at radius 1 is 1.24 bits per heavy atom. The lowest BCUT2D eigenvalue weighted by atomic mass is 10.1. The van der Waals surface area contributed by atoms with Crippen LogP contribution in [0.2, 0.25) is 0 Å². The van der Waals surface area contributed by atoms with Gasteiger partial charge in [0.15, 0.2) is 5.65 Å². The molecule has 8 nitrogen and oxygen atoms in total. The van der Waals surface area contributed by atoms with Crippen LogP contribution < -0.4 is 5.69 Å². The monoisotopic (exact) mass is 394 g/mol. The van der Waals surface area contributed by atoms with Gasteiger partial charge in [0, 0.05) is 38.6 Å². The van der Waals surface area contributed by atoms with Gasteiger partial charge in [-0.05, 0) is 56.7 Å². The lowest BCUT2D eigenvalue weighted by Crippen LogP contribution is -2.43. The van der Waals surface area contributed by atoms with Crippen molar-refractivity contribution < 1.29 is 4.79 Å². The zero-order chi connectivity index (χ0) is 20.0. The minimum atomic E-state index is -0.0652. The first-order valence-corrected chi connectivity index (χ1v) is 10.5. The third-order valence-corrected chi connectivity index (χ3v) is 6.09. The molecule has 5 rings (SSSR count). The Morgan fingerprint density at radius 2 is 2.10 bits per heavy atom. The fourth-order valence-corrected chi connectivity index (χ4v) is 4.34. The van der Waals surface area contributed by atoms with Crippen LogP contribution in [-0.2, 0) is 13.1 Å². The maximum absolute atomic E-state index is 13.3. The van der Waals surface area contributed by atoms with Crippen molar-refractivity contribution in [2.45, 2.75) is 51.7 Å². The number of aromatic nitrogens is 5. The van der Waals surface area contributed by atoms with Crippen LogP contribution >= 0.6 is 0 Å². The zero-order valence-corrected chi connectivity index (χ0v) is 16.7. The van der Waals surface area contributed by atoms with E-state index in [9.17, 15) is 9.59 Å². The van der Waals surface area contributed by atoms with Crippen LogP contribution in [0.25, 0.3) is 11.2 Å². The lowest BCUT2D eigenvalue weighted by Gasteiger charge is -2.32. The molecule has 0 spiro atoms. The second-order valence-corrected chi connectivity index (χ2v) is 8.16. The molecule has 1 aliphatic heterocycles. The summed E-state index contributed by atoms with van der Waals surface area (Å²) in [6, 6.07) is 5.57. The first-order chi connectivity index (χ1) is 14.2. The van der Waals surface area contributed by atoms with Gasteiger partial charge in [0.1, 0.15) is 5.69 Å². The summed E-state index contributed by atoms with van der Waals surface area (Å²) in [6.45, 7) is 4.69. The number of piperidine rings is 1. The van der Waals surface area contributed by atoms with Crippen LogP contribution in [0.5, 0.6) is 0 Å². The van der Waals surface area contributed by atoms with E-state index in [0.717, 1.165) is 37.1 Å². The van der Waals surface area contributed by atoms with E-state index in [1.807, 2.05) is 39.3 Å². The van der Waals surface area contributed by atoms with Crippen LogP contribution in [0.15, 0.2) is 35.4 Å². The number of carbonyl (C=O) groups is 1. The molecule has 2 aliphatic rings. The molecule has 29 heavy (non-hydrogen) atoms. The number of carbonyl (C=O) groups excluding carboxylic acids is 1. The Morgan fingerprint density at radius 3 is 2.86 bits per heavy atom. The Balaban J connectivity index is 1.46. The van der Waals surface area contributed by atoms with Gasteiger partial charge in [-0.3, -0.25) is 18.6 Å². The predicted octanol–water partition coefficient (Wildman–Crippen LogP) is 2.30. The van der Waals surface area contributed by atoms with E-state index in [4.69, 9.17) is 0 Å². The summed E-state index contributed by atoms with van der Waals surface area (Å²) in [5.41, 5.74) is 2.09. The van der Waals surface area contributed by atoms with Crippen LogP contribution in [-0.4, -0.2) is 47.8 Å². The highest BCUT2D eigenvalue weighted by atomic mass is 16.2. The van der Waals surface area contributed by atoms with Gasteiger partial charge < -0.3 is 4.90 Å². The number of likely N-dealkylation sites (tertiary alicyclic amines) is 1. The molecule has 1 amide bonds. The zero-order valence-electron chi connectivity index (χ0n) is 16.7. The van der Waals surface area contributed by atoms with E-state index >= 15 is 0 Å². The molecule has 152 valence electrons. The molecule has 8 heteroatoms. The maximum atomic E-state index is 13.3. The molecule has 3 aromatic heterocycles. The van der Waals surface area contributed by atoms with Crippen molar-refractivity contribution in [2.24, 2.45) is 5.92 Å². The van der Waals surface area contributed by atoms with Gasteiger partial charge in [-0.1, -0.05) is 0 Å². The van der Waals surface area contributed by atoms with Crippen molar-refractivity contribution in [3.63, 3.8) is 0 Å². The second kappa shape index (κ2) is 7.17. The molecule has 2 fully saturated rings. The van der Waals surface area contributed by atoms with Gasteiger partial charge in [0.2, 0.25) is 0 Å². The summed E-state index contributed by atoms with van der Waals surface area (Å²) >= 11 is 0. The molecule has 0 bridgehead atoms. The molecule has 0 radical (unpaired) electrons. The van der Waals surface area contributed by atoms with Crippen LogP contribution in [0.4, 0.5) is 0 Å². The third-order valence-electron chi connectivity index (χ3n) is 6.09. The van der Waals surface area contributed by atoms with Gasteiger partial charge in [-0.25, -0.2) is 9.78 Å². The number of rotatable bonds is 5. The molecule has 3 aromatic rings. The van der Waals surface area contributed by atoms with Crippen molar-refractivity contribution >= 4 is 17.1 Å². The van der Waals surface area contributed by atoms with Crippen LogP contribution in [0.3, 0.4) is 0 Å². The number of amides is 1. The Hall–Kier alpha value is -2.90. The molecule has 0 N–H and O–H groups in total. The van der Waals surface area contributed by atoms with Gasteiger partial charge in [-0.15, -0.1) is 0 Å². The average molecular weight is 394 g/mol. The predicted molar refractivity (Wildman–Crippen MR) is 109 cm³/mol. The third kappa shape index (κ3) is 3.26. The largest absolute Gasteiger partial charge is 0.335 e. The van der Waals surface area contributed by atoms with Gasteiger partial charge >= 0.3 is 5.69 Å². The number of hydrogen-bond donors (Lipinski definition) is 0. The van der Waals surface area contributed by atoms with Gasteiger partial charge in [-0.2, -0.15) is 5.10 Å². The summed E-state index contributed by atoms with van der Waals surface area (Å²) in [5.74, 6) is 0.537. The number of aryl methyl sites for hydroxylation is 1. The van der Waals surface area contributed by atoms with E-state index < -0.39 is 0 Å². The smallest absolute Gasteiger partial charge is 0.330 e. The van der Waals surface area contributed by atoms with E-state index in [0.29, 0.717) is 24.7 Å². The first-order valence-electron chi connectivity index (χ1n) is 10.5. The highest BCUT2D eigenvalue weighted by Gasteiger charge is 2.31. The normalized spacial score (nSPS) is 19.8. The average Bonchev–Trinajstić information content (AvgIpc) is 3.37. The van der Waals surface area contributed by atoms with E-state index in [1.165, 1.54) is 12.8 Å². The highest BCUT2D eigenvalue weighted by Crippen LogP contribution is 2.32. The van der Waals surface area contributed by atoms with Gasteiger partial charge in [0.05, 0.1) is 11.6 Å². The number of hydrogen-bond acceptors (Lipinski definition) is 4. The van der Waals surface area contributed by atoms with Crippen molar-refractivity contribution in [1.29, 1.82) is 0 Å². The van der Waals surface area contributed by atoms with E-state index in [2.05, 4.69) is 10.1 Å². The van der Waals surface area contributed by atoms with Crippen molar-refractivity contribution in [2.75, 3.05) is 13.1 Å². The Kier molecular flexibility index (Phi) is 4.49. The Bertz CT molecular complexity index is 1110. The molecule has 1 saturated heterocycles. The summed E-state index contributed by atoms with van der Waals surface area (Å²) < 4.78 is 5.46. The topological polar surface area (TPSA) is 78.0 Å². The summed E-state index contributed by atoms with van der Waals surface area (Å²) in [7, 11) is 0. The summed E-state index contributed by atoms with van der Waals surface area (Å²) in [4.78, 5) is 32.6. The summed E-state index contributed by atoms with van der Waals surface area (Å²) in [6.07, 6.45) is 7.67. The minimum Gasteiger partial charge on any atom is -0.335 e. The molecule has 1 saturated carbocycles. The van der Waals surface area contributed by atoms with Crippen molar-refractivity contribution in [3.05, 3.63) is 46.8 Å². The molecule has 0 unspecified atom stereocenters. The van der Waals surface area contributed by atoms with E-state index in [1.54, 1.807) is 16.9 Å². The first kappa shape index (κ1) is 18.1.